The molecule has 0 radical (unpaired) electrons. The van der Waals surface area contributed by atoms with Crippen molar-refractivity contribution >= 4 is 6.03 Å². The van der Waals surface area contributed by atoms with E-state index in [1.54, 1.807) is 7.11 Å². The van der Waals surface area contributed by atoms with Gasteiger partial charge in [-0.2, -0.15) is 0 Å². The fourth-order valence-electron chi connectivity index (χ4n) is 4.23. The Bertz CT molecular complexity index is 797. The molecule has 0 saturated heterocycles. The summed E-state index contributed by atoms with van der Waals surface area (Å²) in [4.78, 5) is 18.8. The first-order chi connectivity index (χ1) is 13.1. The summed E-state index contributed by atoms with van der Waals surface area (Å²) >= 11 is 0. The second-order valence-electron chi connectivity index (χ2n) is 7.87. The Kier molecular flexibility index (Phi) is 5.05. The van der Waals surface area contributed by atoms with Gasteiger partial charge in [0.2, 0.25) is 0 Å². The number of aromatic nitrogens is 2. The number of hydrogen-bond donors (Lipinski definition) is 1. The predicted octanol–water partition coefficient (Wildman–Crippen LogP) is 3.04. The number of nitrogens with zero attached hydrogens (tertiary/aromatic N) is 3. The highest BCUT2D eigenvalue weighted by atomic mass is 16.5. The summed E-state index contributed by atoms with van der Waals surface area (Å²) in [5.74, 6) is 3.03. The van der Waals surface area contributed by atoms with Crippen molar-refractivity contribution in [3.63, 3.8) is 0 Å². The minimum atomic E-state index is 0.0398. The molecule has 1 aromatic carbocycles. The van der Waals surface area contributed by atoms with E-state index in [0.29, 0.717) is 11.8 Å². The molecule has 4 rings (SSSR count). The van der Waals surface area contributed by atoms with E-state index < -0.39 is 0 Å². The van der Waals surface area contributed by atoms with Crippen LogP contribution in [0.3, 0.4) is 0 Å². The van der Waals surface area contributed by atoms with Crippen LogP contribution in [-0.4, -0.2) is 47.2 Å². The van der Waals surface area contributed by atoms with E-state index in [9.17, 15) is 4.79 Å². The maximum atomic E-state index is 12.5. The van der Waals surface area contributed by atoms with Crippen molar-refractivity contribution in [2.75, 3.05) is 20.7 Å². The molecule has 1 aliphatic heterocycles. The van der Waals surface area contributed by atoms with Crippen LogP contribution in [0.5, 0.6) is 5.75 Å². The molecule has 2 amide bonds. The molecule has 2 aliphatic rings. The number of benzene rings is 1. The van der Waals surface area contributed by atoms with E-state index in [4.69, 9.17) is 4.74 Å². The third kappa shape index (κ3) is 3.94. The third-order valence-electron chi connectivity index (χ3n) is 5.96. The molecule has 1 fully saturated rings. The summed E-state index contributed by atoms with van der Waals surface area (Å²) in [6.45, 7) is 1.78. The van der Waals surface area contributed by atoms with Gasteiger partial charge in [-0.05, 0) is 48.8 Å². The maximum Gasteiger partial charge on any atom is 0.317 e. The molecule has 1 aromatic heterocycles. The van der Waals surface area contributed by atoms with Crippen molar-refractivity contribution in [3.8, 4) is 5.75 Å². The number of aryl methyl sites for hydroxylation is 1. The highest BCUT2D eigenvalue weighted by Gasteiger charge is 2.32. The lowest BCUT2D eigenvalue weighted by Crippen LogP contribution is -2.49. The fraction of sp³-hybridized carbons (Fsp3) is 0.524. The van der Waals surface area contributed by atoms with Gasteiger partial charge in [0.15, 0.2) is 0 Å². The zero-order valence-electron chi connectivity index (χ0n) is 16.1. The summed E-state index contributed by atoms with van der Waals surface area (Å²) in [7, 11) is 3.59. The van der Waals surface area contributed by atoms with Crippen molar-refractivity contribution in [2.24, 2.45) is 5.92 Å². The first kappa shape index (κ1) is 17.9. The first-order valence-corrected chi connectivity index (χ1v) is 9.78. The van der Waals surface area contributed by atoms with Crippen LogP contribution in [0.4, 0.5) is 4.79 Å². The Hall–Kier alpha value is -2.50. The van der Waals surface area contributed by atoms with E-state index in [0.717, 1.165) is 50.3 Å². The lowest BCUT2D eigenvalue weighted by atomic mass is 9.76. The van der Waals surface area contributed by atoms with Crippen LogP contribution in [0.1, 0.15) is 36.6 Å². The Labute approximate surface area is 160 Å². The number of ether oxygens (including phenoxy) is 1. The molecule has 1 saturated carbocycles. The number of urea groups is 1. The van der Waals surface area contributed by atoms with Crippen LogP contribution in [-0.2, 0) is 13.0 Å². The quantitative estimate of drug-likeness (QED) is 0.882. The molecule has 1 atom stereocenters. The number of rotatable bonds is 5. The number of amides is 2. The number of carbonyl (C=O) groups is 1. The van der Waals surface area contributed by atoms with Crippen molar-refractivity contribution in [3.05, 3.63) is 48.0 Å². The summed E-state index contributed by atoms with van der Waals surface area (Å²) in [5.41, 5.74) is 1.30. The van der Waals surface area contributed by atoms with Gasteiger partial charge in [-0.25, -0.2) is 9.78 Å². The molecule has 6 heteroatoms. The number of hydrogen-bond acceptors (Lipinski definition) is 3. The monoisotopic (exact) mass is 368 g/mol. The van der Waals surface area contributed by atoms with E-state index in [2.05, 4.69) is 27.0 Å². The Balaban J connectivity index is 1.23. The van der Waals surface area contributed by atoms with E-state index in [1.807, 2.05) is 36.5 Å². The van der Waals surface area contributed by atoms with Gasteiger partial charge in [0.1, 0.15) is 11.6 Å². The zero-order valence-corrected chi connectivity index (χ0v) is 16.1. The average molecular weight is 368 g/mol. The summed E-state index contributed by atoms with van der Waals surface area (Å²) < 4.78 is 7.52. The van der Waals surface area contributed by atoms with Gasteiger partial charge in [-0.1, -0.05) is 12.1 Å². The van der Waals surface area contributed by atoms with Gasteiger partial charge in [0.05, 0.1) is 7.11 Å². The molecule has 6 nitrogen and oxygen atoms in total. The Morgan fingerprint density at radius 2 is 2.26 bits per heavy atom. The molecule has 144 valence electrons. The van der Waals surface area contributed by atoms with Crippen LogP contribution in [0.2, 0.25) is 0 Å². The SMILES string of the molecule is COc1cccc(C2CC(NC(=O)N(C)CC3CCn4ccnc4C3)C2)c1. The highest BCUT2D eigenvalue weighted by molar-refractivity contribution is 5.74. The minimum absolute atomic E-state index is 0.0398. The lowest BCUT2D eigenvalue weighted by Gasteiger charge is -2.37. The van der Waals surface area contributed by atoms with Crippen molar-refractivity contribution < 1.29 is 9.53 Å². The fourth-order valence-corrected chi connectivity index (χ4v) is 4.23. The third-order valence-corrected chi connectivity index (χ3v) is 5.96. The molecular weight excluding hydrogens is 340 g/mol. The minimum Gasteiger partial charge on any atom is -0.497 e. The van der Waals surface area contributed by atoms with Crippen LogP contribution in [0, 0.1) is 5.92 Å². The topological polar surface area (TPSA) is 59.4 Å². The van der Waals surface area contributed by atoms with Gasteiger partial charge in [-0.3, -0.25) is 0 Å². The van der Waals surface area contributed by atoms with Crippen LogP contribution in [0.25, 0.3) is 0 Å². The molecule has 1 N–H and O–H groups in total. The molecule has 0 bridgehead atoms. The molecule has 27 heavy (non-hydrogen) atoms. The summed E-state index contributed by atoms with van der Waals surface area (Å²) in [5, 5.41) is 3.18. The van der Waals surface area contributed by atoms with Crippen LogP contribution in [0.15, 0.2) is 36.7 Å². The zero-order chi connectivity index (χ0) is 18.8. The second-order valence-corrected chi connectivity index (χ2v) is 7.87. The van der Waals surface area contributed by atoms with Crippen molar-refractivity contribution in [1.29, 1.82) is 0 Å². The van der Waals surface area contributed by atoms with E-state index in [-0.39, 0.29) is 12.1 Å². The Morgan fingerprint density at radius 3 is 3.07 bits per heavy atom. The average Bonchev–Trinajstić information content (AvgIpc) is 3.11. The lowest BCUT2D eigenvalue weighted by molar-refractivity contribution is 0.180. The molecule has 1 aliphatic carbocycles. The molecule has 2 heterocycles. The second kappa shape index (κ2) is 7.62. The summed E-state index contributed by atoms with van der Waals surface area (Å²) in [6.07, 6.45) is 7.94. The van der Waals surface area contributed by atoms with Crippen LogP contribution < -0.4 is 10.1 Å². The highest BCUT2D eigenvalue weighted by Crippen LogP contribution is 2.38. The van der Waals surface area contributed by atoms with E-state index >= 15 is 0 Å². The largest absolute Gasteiger partial charge is 0.497 e. The molecular formula is C21H28N4O2. The number of carbonyl (C=O) groups excluding carboxylic acids is 1. The number of fused-ring (bicyclic) bond motifs is 1. The van der Waals surface area contributed by atoms with Crippen molar-refractivity contribution in [1.82, 2.24) is 19.8 Å². The summed E-state index contributed by atoms with van der Waals surface area (Å²) in [6, 6.07) is 8.54. The number of methoxy groups -OCH3 is 1. The first-order valence-electron chi connectivity index (χ1n) is 9.78. The van der Waals surface area contributed by atoms with Crippen LogP contribution >= 0.6 is 0 Å². The maximum absolute atomic E-state index is 12.5. The standard InChI is InChI=1S/C21H28N4O2/c1-24(14-15-6-8-25-9-7-22-20(25)10-15)21(26)23-18-11-17(12-18)16-4-3-5-19(13-16)27-2/h3-5,7,9,13,15,17-18H,6,8,10-12,14H2,1-2H3,(H,23,26). The molecule has 2 aromatic rings. The van der Waals surface area contributed by atoms with Gasteiger partial charge in [0.25, 0.3) is 0 Å². The molecule has 0 spiro atoms. The van der Waals surface area contributed by atoms with E-state index in [1.165, 1.54) is 5.56 Å². The van der Waals surface area contributed by atoms with Gasteiger partial charge >= 0.3 is 6.03 Å². The normalized spacial score (nSPS) is 23.9. The Morgan fingerprint density at radius 1 is 1.41 bits per heavy atom. The van der Waals surface area contributed by atoms with Crippen molar-refractivity contribution in [2.45, 2.75) is 44.2 Å². The number of nitrogens with one attached hydrogen (secondary N) is 1. The van der Waals surface area contributed by atoms with Gasteiger partial charge in [0, 0.05) is 45.0 Å². The smallest absolute Gasteiger partial charge is 0.317 e. The van der Waals surface area contributed by atoms with Gasteiger partial charge in [-0.15, -0.1) is 0 Å². The number of imidazole rings is 1. The molecule has 1 unspecified atom stereocenters. The predicted molar refractivity (Wildman–Crippen MR) is 104 cm³/mol. The van der Waals surface area contributed by atoms with Gasteiger partial charge < -0.3 is 19.5 Å².